The highest BCUT2D eigenvalue weighted by Crippen LogP contribution is 2.13. The second-order valence-corrected chi connectivity index (χ2v) is 3.65. The van der Waals surface area contributed by atoms with Gasteiger partial charge in [0, 0.05) is 17.6 Å². The molecule has 0 aliphatic heterocycles. The molecule has 0 spiro atoms. The quantitative estimate of drug-likeness (QED) is 0.843. The van der Waals surface area contributed by atoms with E-state index in [0.29, 0.717) is 12.4 Å². The summed E-state index contributed by atoms with van der Waals surface area (Å²) in [5.74, 6) is 0.300. The van der Waals surface area contributed by atoms with Crippen molar-refractivity contribution in [1.82, 2.24) is 9.97 Å². The highest BCUT2D eigenvalue weighted by Gasteiger charge is 1.99. The third kappa shape index (κ3) is 2.67. The number of rotatable bonds is 2. The Labute approximate surface area is 92.9 Å². The van der Waals surface area contributed by atoms with Gasteiger partial charge in [-0.25, -0.2) is 9.97 Å². The third-order valence-electron chi connectivity index (χ3n) is 2.01. The van der Waals surface area contributed by atoms with E-state index in [0.717, 1.165) is 16.3 Å². The summed E-state index contributed by atoms with van der Waals surface area (Å²) >= 11 is 5.88. The van der Waals surface area contributed by atoms with Crippen LogP contribution in [-0.2, 0) is 6.42 Å². The van der Waals surface area contributed by atoms with E-state index in [1.54, 1.807) is 6.20 Å². The standard InChI is InChI=1S/C11H10ClN3/c12-9-3-1-2-8(6-9)7-10-4-5-14-11(13)15-10/h1-6H,7H2,(H2,13,14,15). The summed E-state index contributed by atoms with van der Waals surface area (Å²) in [4.78, 5) is 7.96. The van der Waals surface area contributed by atoms with Crippen LogP contribution in [0.4, 0.5) is 5.95 Å². The number of halogens is 1. The zero-order chi connectivity index (χ0) is 10.7. The van der Waals surface area contributed by atoms with E-state index in [-0.39, 0.29) is 0 Å². The number of nitrogens with zero attached hydrogens (tertiary/aromatic N) is 2. The lowest BCUT2D eigenvalue weighted by molar-refractivity contribution is 1.04. The fourth-order valence-corrected chi connectivity index (χ4v) is 1.58. The van der Waals surface area contributed by atoms with E-state index in [4.69, 9.17) is 17.3 Å². The monoisotopic (exact) mass is 219 g/mol. The molecule has 0 saturated carbocycles. The van der Waals surface area contributed by atoms with E-state index in [2.05, 4.69) is 9.97 Å². The summed E-state index contributed by atoms with van der Waals surface area (Å²) in [5, 5.41) is 0.731. The van der Waals surface area contributed by atoms with Gasteiger partial charge in [-0.05, 0) is 23.8 Å². The first-order valence-electron chi connectivity index (χ1n) is 4.56. The Morgan fingerprint density at radius 1 is 1.27 bits per heavy atom. The SMILES string of the molecule is Nc1nccc(Cc2cccc(Cl)c2)n1. The zero-order valence-corrected chi connectivity index (χ0v) is 8.78. The maximum atomic E-state index is 5.88. The second-order valence-electron chi connectivity index (χ2n) is 3.21. The molecule has 0 fully saturated rings. The Morgan fingerprint density at radius 2 is 2.13 bits per heavy atom. The molecule has 3 nitrogen and oxygen atoms in total. The Balaban J connectivity index is 2.22. The normalized spacial score (nSPS) is 10.2. The molecule has 2 rings (SSSR count). The average molecular weight is 220 g/mol. The lowest BCUT2D eigenvalue weighted by Crippen LogP contribution is -1.98. The van der Waals surface area contributed by atoms with Crippen molar-refractivity contribution in [2.45, 2.75) is 6.42 Å². The van der Waals surface area contributed by atoms with Gasteiger partial charge in [-0.15, -0.1) is 0 Å². The van der Waals surface area contributed by atoms with Crippen LogP contribution in [-0.4, -0.2) is 9.97 Å². The summed E-state index contributed by atoms with van der Waals surface area (Å²) in [5.41, 5.74) is 7.50. The molecule has 0 aliphatic rings. The Kier molecular flexibility index (Phi) is 2.83. The fraction of sp³-hybridized carbons (Fsp3) is 0.0909. The van der Waals surface area contributed by atoms with Crippen LogP contribution in [0.15, 0.2) is 36.5 Å². The number of hydrogen-bond acceptors (Lipinski definition) is 3. The highest BCUT2D eigenvalue weighted by atomic mass is 35.5. The van der Waals surface area contributed by atoms with E-state index < -0.39 is 0 Å². The molecule has 0 saturated heterocycles. The van der Waals surface area contributed by atoms with Crippen LogP contribution in [0.25, 0.3) is 0 Å². The number of nitrogen functional groups attached to an aromatic ring is 1. The lowest BCUT2D eigenvalue weighted by Gasteiger charge is -2.01. The van der Waals surface area contributed by atoms with E-state index in [1.165, 1.54) is 0 Å². The summed E-state index contributed by atoms with van der Waals surface area (Å²) in [7, 11) is 0. The molecule has 4 heteroatoms. The van der Waals surface area contributed by atoms with Crippen molar-refractivity contribution < 1.29 is 0 Å². The predicted octanol–water partition coefficient (Wildman–Crippen LogP) is 2.30. The number of benzene rings is 1. The van der Waals surface area contributed by atoms with Crippen molar-refractivity contribution in [2.75, 3.05) is 5.73 Å². The van der Waals surface area contributed by atoms with Gasteiger partial charge in [0.1, 0.15) is 0 Å². The Hall–Kier alpha value is -1.61. The minimum absolute atomic E-state index is 0.300. The molecular formula is C11H10ClN3. The number of anilines is 1. The first-order chi connectivity index (χ1) is 7.24. The lowest BCUT2D eigenvalue weighted by atomic mass is 10.1. The predicted molar refractivity (Wildman–Crippen MR) is 60.7 cm³/mol. The van der Waals surface area contributed by atoms with Crippen LogP contribution in [0.1, 0.15) is 11.3 Å². The van der Waals surface area contributed by atoms with Crippen molar-refractivity contribution in [3.05, 3.63) is 52.8 Å². The third-order valence-corrected chi connectivity index (χ3v) is 2.24. The topological polar surface area (TPSA) is 51.8 Å². The summed E-state index contributed by atoms with van der Waals surface area (Å²) in [6.45, 7) is 0. The molecule has 1 heterocycles. The van der Waals surface area contributed by atoms with E-state index >= 15 is 0 Å². The first kappa shape index (κ1) is 9.93. The molecule has 0 amide bonds. The first-order valence-corrected chi connectivity index (χ1v) is 4.94. The van der Waals surface area contributed by atoms with Crippen molar-refractivity contribution in [3.63, 3.8) is 0 Å². The van der Waals surface area contributed by atoms with E-state index in [1.807, 2.05) is 30.3 Å². The maximum absolute atomic E-state index is 5.88. The number of hydrogen-bond donors (Lipinski definition) is 1. The molecule has 0 radical (unpaired) electrons. The molecule has 76 valence electrons. The van der Waals surface area contributed by atoms with Gasteiger partial charge in [0.05, 0.1) is 5.69 Å². The van der Waals surface area contributed by atoms with Crippen LogP contribution in [0.2, 0.25) is 5.02 Å². The zero-order valence-electron chi connectivity index (χ0n) is 8.02. The average Bonchev–Trinajstić information content (AvgIpc) is 2.17. The van der Waals surface area contributed by atoms with Crippen molar-refractivity contribution in [2.24, 2.45) is 0 Å². The molecule has 0 bridgehead atoms. The molecule has 0 aliphatic carbocycles. The molecule has 1 aromatic carbocycles. The number of nitrogens with two attached hydrogens (primary N) is 1. The van der Waals surface area contributed by atoms with Crippen molar-refractivity contribution in [3.8, 4) is 0 Å². The van der Waals surface area contributed by atoms with Crippen molar-refractivity contribution >= 4 is 17.5 Å². The van der Waals surface area contributed by atoms with Crippen molar-refractivity contribution in [1.29, 1.82) is 0 Å². The van der Waals surface area contributed by atoms with Gasteiger partial charge in [0.15, 0.2) is 0 Å². The number of aromatic nitrogens is 2. The van der Waals surface area contributed by atoms with Gasteiger partial charge < -0.3 is 5.73 Å². The Bertz CT molecular complexity index is 427. The molecule has 2 N–H and O–H groups in total. The van der Waals surface area contributed by atoms with Crippen LogP contribution in [0, 0.1) is 0 Å². The minimum Gasteiger partial charge on any atom is -0.368 e. The molecule has 2 aromatic rings. The fourth-order valence-electron chi connectivity index (χ4n) is 1.37. The van der Waals surface area contributed by atoms with Crippen LogP contribution >= 0.6 is 11.6 Å². The second kappa shape index (κ2) is 4.28. The molecule has 1 aromatic heterocycles. The van der Waals surface area contributed by atoms with Gasteiger partial charge in [-0.3, -0.25) is 0 Å². The highest BCUT2D eigenvalue weighted by molar-refractivity contribution is 6.30. The van der Waals surface area contributed by atoms with Crippen LogP contribution in [0.5, 0.6) is 0 Å². The molecular weight excluding hydrogens is 210 g/mol. The minimum atomic E-state index is 0.300. The largest absolute Gasteiger partial charge is 0.368 e. The van der Waals surface area contributed by atoms with E-state index in [9.17, 15) is 0 Å². The van der Waals surface area contributed by atoms with Gasteiger partial charge in [0.25, 0.3) is 0 Å². The smallest absolute Gasteiger partial charge is 0.220 e. The Morgan fingerprint density at radius 3 is 2.87 bits per heavy atom. The summed E-state index contributed by atoms with van der Waals surface area (Å²) in [6.07, 6.45) is 2.37. The summed E-state index contributed by atoms with van der Waals surface area (Å²) < 4.78 is 0. The van der Waals surface area contributed by atoms with Gasteiger partial charge in [-0.2, -0.15) is 0 Å². The van der Waals surface area contributed by atoms with Gasteiger partial charge in [-0.1, -0.05) is 23.7 Å². The van der Waals surface area contributed by atoms with Crippen LogP contribution in [0.3, 0.4) is 0 Å². The van der Waals surface area contributed by atoms with Gasteiger partial charge in [0.2, 0.25) is 5.95 Å². The van der Waals surface area contributed by atoms with Gasteiger partial charge >= 0.3 is 0 Å². The summed E-state index contributed by atoms with van der Waals surface area (Å²) in [6, 6.07) is 9.53. The maximum Gasteiger partial charge on any atom is 0.220 e. The molecule has 0 atom stereocenters. The molecule has 0 unspecified atom stereocenters. The van der Waals surface area contributed by atoms with Crippen LogP contribution < -0.4 is 5.73 Å². The molecule has 15 heavy (non-hydrogen) atoms.